The second-order valence-corrected chi connectivity index (χ2v) is 7.78. The third-order valence-corrected chi connectivity index (χ3v) is 5.95. The molecule has 0 aliphatic carbocycles. The molecule has 2 aromatic heterocycles. The molecule has 0 bridgehead atoms. The van der Waals surface area contributed by atoms with Gasteiger partial charge in [0, 0.05) is 37.4 Å². The van der Waals surface area contributed by atoms with Crippen molar-refractivity contribution in [2.24, 2.45) is 0 Å². The van der Waals surface area contributed by atoms with Gasteiger partial charge in [0.2, 0.25) is 4.96 Å². The highest BCUT2D eigenvalue weighted by molar-refractivity contribution is 7.19. The number of benzene rings is 2. The van der Waals surface area contributed by atoms with E-state index < -0.39 is 0 Å². The van der Waals surface area contributed by atoms with Crippen LogP contribution in [-0.4, -0.2) is 50.9 Å². The first-order chi connectivity index (χ1) is 13.8. The molecule has 0 spiro atoms. The number of nitrogens with zero attached hydrogens (tertiary/aromatic N) is 6. The summed E-state index contributed by atoms with van der Waals surface area (Å²) in [5, 5.41) is 14.1. The topological polar surface area (TPSA) is 49.6 Å². The van der Waals surface area contributed by atoms with Gasteiger partial charge in [-0.05, 0) is 36.4 Å². The van der Waals surface area contributed by atoms with Crippen molar-refractivity contribution in [3.63, 3.8) is 0 Å². The lowest BCUT2D eigenvalue weighted by atomic mass is 10.2. The predicted molar refractivity (Wildman–Crippen MR) is 108 cm³/mol. The standard InChI is InChI=1S/C20H19FN6S/c21-16-8-6-15(7-9-16)19-24-27-18(22-23-20(27)28-19)14-25-10-12-26(13-11-25)17-4-2-1-3-5-17/h1-9H,10-14H2. The summed E-state index contributed by atoms with van der Waals surface area (Å²) in [6.45, 7) is 4.64. The van der Waals surface area contributed by atoms with Crippen molar-refractivity contribution < 1.29 is 4.39 Å². The number of fused-ring (bicyclic) bond motifs is 1. The van der Waals surface area contributed by atoms with Gasteiger partial charge in [-0.1, -0.05) is 29.5 Å². The number of anilines is 1. The molecule has 1 aliphatic heterocycles. The van der Waals surface area contributed by atoms with Gasteiger partial charge >= 0.3 is 0 Å². The summed E-state index contributed by atoms with van der Waals surface area (Å²) in [5.74, 6) is 0.592. The molecule has 142 valence electrons. The molecule has 2 aromatic carbocycles. The first-order valence-corrected chi connectivity index (χ1v) is 10.1. The van der Waals surface area contributed by atoms with Gasteiger partial charge in [-0.2, -0.15) is 9.61 Å². The van der Waals surface area contributed by atoms with Gasteiger partial charge in [-0.3, -0.25) is 4.90 Å². The van der Waals surface area contributed by atoms with Crippen LogP contribution in [0.15, 0.2) is 54.6 Å². The Balaban J connectivity index is 1.29. The van der Waals surface area contributed by atoms with E-state index in [1.54, 1.807) is 12.1 Å². The van der Waals surface area contributed by atoms with Crippen LogP contribution < -0.4 is 4.90 Å². The molecule has 1 fully saturated rings. The van der Waals surface area contributed by atoms with Crippen molar-refractivity contribution in [2.75, 3.05) is 31.1 Å². The molecule has 0 N–H and O–H groups in total. The van der Waals surface area contributed by atoms with Gasteiger partial charge in [0.15, 0.2) is 5.82 Å². The second-order valence-electron chi connectivity index (χ2n) is 6.82. The minimum Gasteiger partial charge on any atom is -0.369 e. The Morgan fingerprint density at radius 1 is 0.893 bits per heavy atom. The first kappa shape index (κ1) is 17.3. The van der Waals surface area contributed by atoms with Gasteiger partial charge < -0.3 is 4.90 Å². The summed E-state index contributed by atoms with van der Waals surface area (Å²) in [7, 11) is 0. The molecule has 5 rings (SSSR count). The molecular formula is C20H19FN6S. The minimum absolute atomic E-state index is 0.248. The smallest absolute Gasteiger partial charge is 0.235 e. The molecule has 0 amide bonds. The van der Waals surface area contributed by atoms with Crippen LogP contribution in [0.4, 0.5) is 10.1 Å². The SMILES string of the molecule is Fc1ccc(-c2nn3c(CN4CCN(c5ccccc5)CC4)nnc3s2)cc1. The van der Waals surface area contributed by atoms with Gasteiger partial charge in [0.05, 0.1) is 6.54 Å². The normalized spacial score (nSPS) is 15.4. The molecule has 4 aromatic rings. The van der Waals surface area contributed by atoms with Gasteiger partial charge in [0.25, 0.3) is 0 Å². The summed E-state index contributed by atoms with van der Waals surface area (Å²) in [6, 6.07) is 16.9. The van der Waals surface area contributed by atoms with Crippen LogP contribution in [0.2, 0.25) is 0 Å². The maximum atomic E-state index is 13.2. The van der Waals surface area contributed by atoms with Crippen molar-refractivity contribution in [3.05, 3.63) is 66.2 Å². The minimum atomic E-state index is -0.248. The van der Waals surface area contributed by atoms with E-state index in [2.05, 4.69) is 49.4 Å². The maximum Gasteiger partial charge on any atom is 0.235 e. The average molecular weight is 394 g/mol. The zero-order valence-electron chi connectivity index (χ0n) is 15.2. The number of hydrogen-bond acceptors (Lipinski definition) is 6. The fraction of sp³-hybridized carbons (Fsp3) is 0.250. The summed E-state index contributed by atoms with van der Waals surface area (Å²) in [5.41, 5.74) is 2.16. The van der Waals surface area contributed by atoms with E-state index >= 15 is 0 Å². The fourth-order valence-corrected chi connectivity index (χ4v) is 4.33. The molecule has 1 aliphatic rings. The second kappa shape index (κ2) is 7.29. The molecule has 0 saturated carbocycles. The number of para-hydroxylation sites is 1. The highest BCUT2D eigenvalue weighted by Crippen LogP contribution is 2.26. The van der Waals surface area contributed by atoms with Gasteiger partial charge in [0.1, 0.15) is 10.8 Å². The summed E-state index contributed by atoms with van der Waals surface area (Å²) < 4.78 is 15.0. The highest BCUT2D eigenvalue weighted by Gasteiger charge is 2.20. The molecular weight excluding hydrogens is 375 g/mol. The lowest BCUT2D eigenvalue weighted by molar-refractivity contribution is 0.242. The summed E-state index contributed by atoms with van der Waals surface area (Å²) in [6.07, 6.45) is 0. The van der Waals surface area contributed by atoms with Crippen LogP contribution in [0.25, 0.3) is 15.5 Å². The predicted octanol–water partition coefficient (Wildman–Crippen LogP) is 3.31. The largest absolute Gasteiger partial charge is 0.369 e. The molecule has 28 heavy (non-hydrogen) atoms. The molecule has 8 heteroatoms. The Kier molecular flexibility index (Phi) is 4.50. The maximum absolute atomic E-state index is 13.2. The lowest BCUT2D eigenvalue weighted by Crippen LogP contribution is -2.46. The van der Waals surface area contributed by atoms with E-state index in [0.29, 0.717) is 0 Å². The van der Waals surface area contributed by atoms with Crippen molar-refractivity contribution in [3.8, 4) is 10.6 Å². The van der Waals surface area contributed by atoms with E-state index in [1.807, 2.05) is 10.6 Å². The first-order valence-electron chi connectivity index (χ1n) is 9.26. The Labute approximate surface area is 165 Å². The Bertz CT molecular complexity index is 1070. The summed E-state index contributed by atoms with van der Waals surface area (Å²) >= 11 is 1.47. The van der Waals surface area contributed by atoms with Gasteiger partial charge in [-0.15, -0.1) is 10.2 Å². The molecule has 1 saturated heterocycles. The van der Waals surface area contributed by atoms with Crippen LogP contribution >= 0.6 is 11.3 Å². The quantitative estimate of drug-likeness (QED) is 0.532. The number of piperazine rings is 1. The zero-order valence-corrected chi connectivity index (χ0v) is 16.0. The van der Waals surface area contributed by atoms with Crippen molar-refractivity contribution >= 4 is 22.0 Å². The number of rotatable bonds is 4. The van der Waals surface area contributed by atoms with Crippen LogP contribution in [0.5, 0.6) is 0 Å². The number of aromatic nitrogens is 4. The zero-order chi connectivity index (χ0) is 18.9. The van der Waals surface area contributed by atoms with Crippen molar-refractivity contribution in [1.82, 2.24) is 24.7 Å². The van der Waals surface area contributed by atoms with Gasteiger partial charge in [-0.25, -0.2) is 4.39 Å². The lowest BCUT2D eigenvalue weighted by Gasteiger charge is -2.35. The highest BCUT2D eigenvalue weighted by atomic mass is 32.1. The number of hydrogen-bond donors (Lipinski definition) is 0. The van der Waals surface area contributed by atoms with Crippen molar-refractivity contribution in [1.29, 1.82) is 0 Å². The molecule has 0 radical (unpaired) electrons. The number of halogens is 1. The van der Waals surface area contributed by atoms with E-state index in [1.165, 1.54) is 29.2 Å². The van der Waals surface area contributed by atoms with Crippen LogP contribution in [0.1, 0.15) is 5.82 Å². The fourth-order valence-electron chi connectivity index (χ4n) is 3.47. The van der Waals surface area contributed by atoms with E-state index in [9.17, 15) is 4.39 Å². The van der Waals surface area contributed by atoms with E-state index in [0.717, 1.165) is 54.1 Å². The van der Waals surface area contributed by atoms with E-state index in [-0.39, 0.29) is 5.82 Å². The van der Waals surface area contributed by atoms with E-state index in [4.69, 9.17) is 0 Å². The third-order valence-electron chi connectivity index (χ3n) is 5.01. The Morgan fingerprint density at radius 3 is 2.39 bits per heavy atom. The van der Waals surface area contributed by atoms with Crippen molar-refractivity contribution in [2.45, 2.75) is 6.54 Å². The van der Waals surface area contributed by atoms with Crippen LogP contribution in [-0.2, 0) is 6.54 Å². The molecule has 0 unspecified atom stereocenters. The summed E-state index contributed by atoms with van der Waals surface area (Å²) in [4.78, 5) is 5.55. The third kappa shape index (κ3) is 3.36. The average Bonchev–Trinajstić information content (AvgIpc) is 3.32. The Hall–Kier alpha value is -2.84. The van der Waals surface area contributed by atoms with Crippen LogP contribution in [0.3, 0.4) is 0 Å². The molecule has 0 atom stereocenters. The monoisotopic (exact) mass is 394 g/mol. The Morgan fingerprint density at radius 2 is 1.64 bits per heavy atom. The molecule has 6 nitrogen and oxygen atoms in total. The van der Waals surface area contributed by atoms with Crippen LogP contribution in [0, 0.1) is 5.82 Å². The molecule has 3 heterocycles.